The number of hydrogen-bond acceptors (Lipinski definition) is 4. The van der Waals surface area contributed by atoms with Crippen molar-refractivity contribution >= 4 is 17.5 Å². The summed E-state index contributed by atoms with van der Waals surface area (Å²) in [7, 11) is 1.61. The van der Waals surface area contributed by atoms with E-state index in [2.05, 4.69) is 15.6 Å². The Balaban J connectivity index is 1.67. The van der Waals surface area contributed by atoms with Crippen LogP contribution in [0.2, 0.25) is 0 Å². The number of nitrogens with one attached hydrogen (secondary N) is 2. The second-order valence-electron chi connectivity index (χ2n) is 6.68. The molecule has 29 heavy (non-hydrogen) atoms. The first-order valence-corrected chi connectivity index (χ1v) is 9.22. The van der Waals surface area contributed by atoms with E-state index in [1.165, 1.54) is 12.3 Å². The Morgan fingerprint density at radius 3 is 2.31 bits per heavy atom. The Morgan fingerprint density at radius 1 is 0.966 bits per heavy atom. The number of ether oxygens (including phenoxy) is 1. The van der Waals surface area contributed by atoms with Gasteiger partial charge in [0.2, 0.25) is 0 Å². The summed E-state index contributed by atoms with van der Waals surface area (Å²) in [5.74, 6) is 0.130. The van der Waals surface area contributed by atoms with Crippen LogP contribution >= 0.6 is 0 Å². The predicted molar refractivity (Wildman–Crippen MR) is 112 cm³/mol. The molecule has 6 nitrogen and oxygen atoms in total. The highest BCUT2D eigenvalue weighted by Crippen LogP contribution is 2.20. The number of benzene rings is 2. The maximum Gasteiger partial charge on any atom is 0.274 e. The molecule has 2 aromatic carbocycles. The first-order valence-electron chi connectivity index (χ1n) is 9.22. The maximum absolute atomic E-state index is 12.6. The lowest BCUT2D eigenvalue weighted by atomic mass is 10.1. The van der Waals surface area contributed by atoms with Gasteiger partial charge in [-0.25, -0.2) is 0 Å². The summed E-state index contributed by atoms with van der Waals surface area (Å²) in [6.07, 6.45) is 1.46. The van der Waals surface area contributed by atoms with Crippen LogP contribution in [0, 0.1) is 13.8 Å². The van der Waals surface area contributed by atoms with Crippen molar-refractivity contribution in [3.05, 3.63) is 88.7 Å². The zero-order chi connectivity index (χ0) is 20.8. The Morgan fingerprint density at radius 2 is 1.66 bits per heavy atom. The molecule has 3 rings (SSSR count). The second kappa shape index (κ2) is 9.01. The first kappa shape index (κ1) is 20.1. The minimum absolute atomic E-state index is 0.185. The van der Waals surface area contributed by atoms with E-state index in [1.807, 2.05) is 56.3 Å². The summed E-state index contributed by atoms with van der Waals surface area (Å²) in [4.78, 5) is 29.2. The topological polar surface area (TPSA) is 80.3 Å². The molecule has 1 aromatic heterocycles. The van der Waals surface area contributed by atoms with E-state index in [9.17, 15) is 9.59 Å². The monoisotopic (exact) mass is 389 g/mol. The van der Waals surface area contributed by atoms with E-state index in [-0.39, 0.29) is 17.5 Å². The minimum atomic E-state index is -0.354. The number of carbonyl (C=O) groups excluding carboxylic acids is 2. The van der Waals surface area contributed by atoms with Gasteiger partial charge in [0, 0.05) is 24.0 Å². The largest absolute Gasteiger partial charge is 0.497 e. The lowest BCUT2D eigenvalue weighted by molar-refractivity contribution is 0.0951. The number of aryl methyl sites for hydroxylation is 2. The Kier molecular flexibility index (Phi) is 6.24. The molecule has 0 atom stereocenters. The van der Waals surface area contributed by atoms with Crippen molar-refractivity contribution in [3.8, 4) is 5.75 Å². The van der Waals surface area contributed by atoms with Gasteiger partial charge in [0.15, 0.2) is 0 Å². The zero-order valence-corrected chi connectivity index (χ0v) is 16.7. The third-order valence-electron chi connectivity index (χ3n) is 4.59. The summed E-state index contributed by atoms with van der Waals surface area (Å²) in [6, 6.07) is 16.3. The summed E-state index contributed by atoms with van der Waals surface area (Å²) in [6.45, 7) is 4.23. The predicted octanol–water partition coefficient (Wildman–Crippen LogP) is 3.89. The molecule has 0 unspecified atom stereocenters. The lowest BCUT2D eigenvalue weighted by Gasteiger charge is -2.11. The molecule has 2 amide bonds. The third kappa shape index (κ3) is 4.99. The normalized spacial score (nSPS) is 10.3. The van der Waals surface area contributed by atoms with Crippen molar-refractivity contribution in [1.82, 2.24) is 10.3 Å². The number of rotatable bonds is 6. The molecular formula is C23H23N3O3. The van der Waals surface area contributed by atoms with Crippen molar-refractivity contribution in [2.24, 2.45) is 0 Å². The van der Waals surface area contributed by atoms with Gasteiger partial charge < -0.3 is 15.4 Å². The fraction of sp³-hybridized carbons (Fsp3) is 0.174. The van der Waals surface area contributed by atoms with Crippen LogP contribution in [0.4, 0.5) is 5.69 Å². The quantitative estimate of drug-likeness (QED) is 0.670. The molecular weight excluding hydrogens is 366 g/mol. The van der Waals surface area contributed by atoms with Gasteiger partial charge in [0.1, 0.15) is 11.4 Å². The first-order chi connectivity index (χ1) is 14.0. The van der Waals surface area contributed by atoms with Gasteiger partial charge in [0.05, 0.1) is 7.11 Å². The van der Waals surface area contributed by atoms with E-state index >= 15 is 0 Å². The molecule has 0 aliphatic heterocycles. The average Bonchev–Trinajstić information content (AvgIpc) is 2.75. The van der Waals surface area contributed by atoms with Crippen LogP contribution < -0.4 is 15.4 Å². The molecule has 148 valence electrons. The van der Waals surface area contributed by atoms with Gasteiger partial charge in [-0.3, -0.25) is 14.6 Å². The molecule has 0 aliphatic carbocycles. The van der Waals surface area contributed by atoms with Crippen molar-refractivity contribution in [2.45, 2.75) is 20.4 Å². The molecule has 0 aliphatic rings. The number of anilines is 1. The highest BCUT2D eigenvalue weighted by atomic mass is 16.5. The van der Waals surface area contributed by atoms with Crippen LogP contribution in [0.25, 0.3) is 0 Å². The number of carbonyl (C=O) groups is 2. The molecule has 0 bridgehead atoms. The number of para-hydroxylation sites is 1. The van der Waals surface area contributed by atoms with Gasteiger partial charge in [-0.2, -0.15) is 0 Å². The fourth-order valence-corrected chi connectivity index (χ4v) is 2.91. The van der Waals surface area contributed by atoms with Crippen molar-refractivity contribution < 1.29 is 14.3 Å². The highest BCUT2D eigenvalue weighted by Gasteiger charge is 2.14. The van der Waals surface area contributed by atoms with Crippen LogP contribution in [0.15, 0.2) is 60.8 Å². The molecule has 0 fully saturated rings. The molecule has 6 heteroatoms. The molecule has 1 heterocycles. The molecule has 0 saturated carbocycles. The Bertz CT molecular complexity index is 1010. The van der Waals surface area contributed by atoms with E-state index in [4.69, 9.17) is 4.74 Å². The number of hydrogen-bond donors (Lipinski definition) is 2. The standard InChI is InChI=1S/C23H23N3O3/c1-15-5-4-6-16(2)21(15)26-23(28)20-13-18(11-12-24-20)22(27)25-14-17-7-9-19(29-3)10-8-17/h4-13H,14H2,1-3H3,(H,25,27)(H,26,28). The Hall–Kier alpha value is -3.67. The number of amides is 2. The number of nitrogens with zero attached hydrogens (tertiary/aromatic N) is 1. The van der Waals surface area contributed by atoms with Crippen LogP contribution in [0.3, 0.4) is 0 Å². The van der Waals surface area contributed by atoms with E-state index in [0.717, 1.165) is 28.1 Å². The van der Waals surface area contributed by atoms with E-state index in [0.29, 0.717) is 12.1 Å². The number of pyridine rings is 1. The average molecular weight is 389 g/mol. The summed E-state index contributed by atoms with van der Waals surface area (Å²) in [5.41, 5.74) is 4.19. The van der Waals surface area contributed by atoms with Gasteiger partial charge in [0.25, 0.3) is 11.8 Å². The fourth-order valence-electron chi connectivity index (χ4n) is 2.91. The lowest BCUT2D eigenvalue weighted by Crippen LogP contribution is -2.24. The maximum atomic E-state index is 12.6. The van der Waals surface area contributed by atoms with Crippen molar-refractivity contribution in [1.29, 1.82) is 0 Å². The van der Waals surface area contributed by atoms with Crippen LogP contribution in [-0.2, 0) is 6.54 Å². The second-order valence-corrected chi connectivity index (χ2v) is 6.68. The molecule has 0 spiro atoms. The van der Waals surface area contributed by atoms with Crippen LogP contribution in [0.5, 0.6) is 5.75 Å². The molecule has 0 radical (unpaired) electrons. The SMILES string of the molecule is COc1ccc(CNC(=O)c2ccnc(C(=O)Nc3c(C)cccc3C)c2)cc1. The van der Waals surface area contributed by atoms with Gasteiger partial charge in [-0.05, 0) is 54.8 Å². The van der Waals surface area contributed by atoms with E-state index in [1.54, 1.807) is 13.2 Å². The molecule has 2 N–H and O–H groups in total. The van der Waals surface area contributed by atoms with Gasteiger partial charge in [-0.15, -0.1) is 0 Å². The molecule has 3 aromatic rings. The zero-order valence-electron chi connectivity index (χ0n) is 16.7. The summed E-state index contributed by atoms with van der Waals surface area (Å²) in [5, 5.41) is 5.73. The van der Waals surface area contributed by atoms with E-state index < -0.39 is 0 Å². The van der Waals surface area contributed by atoms with Crippen LogP contribution in [0.1, 0.15) is 37.5 Å². The van der Waals surface area contributed by atoms with Gasteiger partial charge in [-0.1, -0.05) is 30.3 Å². The van der Waals surface area contributed by atoms with Crippen LogP contribution in [-0.4, -0.2) is 23.9 Å². The summed E-state index contributed by atoms with van der Waals surface area (Å²) < 4.78 is 5.12. The summed E-state index contributed by atoms with van der Waals surface area (Å²) >= 11 is 0. The number of aromatic nitrogens is 1. The minimum Gasteiger partial charge on any atom is -0.497 e. The third-order valence-corrected chi connectivity index (χ3v) is 4.59. The van der Waals surface area contributed by atoms with Gasteiger partial charge >= 0.3 is 0 Å². The van der Waals surface area contributed by atoms with Crippen molar-refractivity contribution in [3.63, 3.8) is 0 Å². The highest BCUT2D eigenvalue weighted by molar-refractivity contribution is 6.05. The van der Waals surface area contributed by atoms with Crippen molar-refractivity contribution in [2.75, 3.05) is 12.4 Å². The molecule has 0 saturated heterocycles. The number of methoxy groups -OCH3 is 1. The Labute approximate surface area is 169 Å². The smallest absolute Gasteiger partial charge is 0.274 e.